The van der Waals surface area contributed by atoms with E-state index in [-0.39, 0.29) is 0 Å². The van der Waals surface area contributed by atoms with Crippen LogP contribution >= 0.6 is 0 Å². The molecule has 10 rings (SSSR count). The van der Waals surface area contributed by atoms with Crippen molar-refractivity contribution >= 4 is 49.3 Å². The van der Waals surface area contributed by atoms with Gasteiger partial charge < -0.3 is 9.13 Å². The molecule has 0 bridgehead atoms. The summed E-state index contributed by atoms with van der Waals surface area (Å²) in [5.41, 5.74) is 9.79. The molecule has 0 N–H and O–H groups in total. The number of para-hydroxylation sites is 3. The van der Waals surface area contributed by atoms with Gasteiger partial charge in [-0.1, -0.05) is 121 Å². The molecule has 0 aliphatic heterocycles. The number of fused-ring (bicyclic) bond motifs is 7. The van der Waals surface area contributed by atoms with Crippen molar-refractivity contribution in [2.24, 2.45) is 0 Å². The largest absolute Gasteiger partial charge is 0.309 e. The van der Waals surface area contributed by atoms with Gasteiger partial charge in [-0.3, -0.25) is 0 Å². The molecule has 7 aromatic carbocycles. The minimum Gasteiger partial charge on any atom is -0.309 e. The maximum absolute atomic E-state index is 7.56. The van der Waals surface area contributed by atoms with Crippen LogP contribution in [-0.4, -0.2) is 24.1 Å². The van der Waals surface area contributed by atoms with E-state index in [0.29, 0.717) is 23.2 Å². The lowest BCUT2D eigenvalue weighted by Gasteiger charge is -2.12. The molecule has 0 amide bonds. The van der Waals surface area contributed by atoms with Crippen LogP contribution in [-0.2, 0) is 0 Å². The first kappa shape index (κ1) is 29.5. The third kappa shape index (κ3) is 4.68. The monoisotopic (exact) mass is 664 g/mol. The van der Waals surface area contributed by atoms with Gasteiger partial charge in [-0.15, -0.1) is 0 Å². The standard InChI is InChI=1S/C46H28N6/c1-47-33-18-12-16-31(28-33)45-48-44(30-14-4-2-5-15-30)49-46(50-45)32-17-13-21-35(29-32)51-40-25-11-9-23-38(40)42-41(51)27-26-37-36-22-8-10-24-39(36)52(43(37)42)34-19-6-3-7-20-34/h2-29H. The molecule has 242 valence electrons. The Morgan fingerprint density at radius 2 is 0.962 bits per heavy atom. The van der Waals surface area contributed by atoms with E-state index in [1.165, 1.54) is 32.6 Å². The van der Waals surface area contributed by atoms with Gasteiger partial charge in [0.15, 0.2) is 23.2 Å². The predicted octanol–water partition coefficient (Wildman–Crippen LogP) is 11.6. The van der Waals surface area contributed by atoms with E-state index < -0.39 is 0 Å². The van der Waals surface area contributed by atoms with Gasteiger partial charge in [0.05, 0.1) is 28.6 Å². The van der Waals surface area contributed by atoms with Gasteiger partial charge in [-0.25, -0.2) is 19.8 Å². The smallest absolute Gasteiger partial charge is 0.187 e. The fourth-order valence-electron chi connectivity index (χ4n) is 7.48. The van der Waals surface area contributed by atoms with Crippen LogP contribution in [0.5, 0.6) is 0 Å². The summed E-state index contributed by atoms with van der Waals surface area (Å²) in [6.07, 6.45) is 0. The lowest BCUT2D eigenvalue weighted by atomic mass is 10.1. The second-order valence-electron chi connectivity index (χ2n) is 12.8. The van der Waals surface area contributed by atoms with E-state index in [0.717, 1.165) is 39.1 Å². The molecular weight excluding hydrogens is 637 g/mol. The van der Waals surface area contributed by atoms with Crippen LogP contribution in [0.4, 0.5) is 5.69 Å². The average Bonchev–Trinajstić information content (AvgIpc) is 3.74. The zero-order valence-corrected chi connectivity index (χ0v) is 27.8. The summed E-state index contributed by atoms with van der Waals surface area (Å²) in [5.74, 6) is 1.66. The molecule has 0 unspecified atom stereocenters. The molecule has 0 atom stereocenters. The van der Waals surface area contributed by atoms with E-state index in [9.17, 15) is 0 Å². The SMILES string of the molecule is [C-]#[N+]c1cccc(-c2nc(-c3ccccc3)nc(-c3cccc(-n4c5ccccc5c5c4ccc4c6ccccc6n(-c6ccccc6)c45)c3)n2)c1. The van der Waals surface area contributed by atoms with Crippen molar-refractivity contribution in [3.05, 3.63) is 181 Å². The van der Waals surface area contributed by atoms with Crippen molar-refractivity contribution in [1.29, 1.82) is 0 Å². The molecule has 6 nitrogen and oxygen atoms in total. The van der Waals surface area contributed by atoms with Crippen LogP contribution in [0.3, 0.4) is 0 Å². The van der Waals surface area contributed by atoms with E-state index in [2.05, 4.69) is 123 Å². The highest BCUT2D eigenvalue weighted by atomic mass is 15.0. The van der Waals surface area contributed by atoms with Gasteiger partial charge in [0, 0.05) is 49.6 Å². The Hall–Kier alpha value is -7.36. The maximum Gasteiger partial charge on any atom is 0.187 e. The van der Waals surface area contributed by atoms with Crippen molar-refractivity contribution in [2.45, 2.75) is 0 Å². The van der Waals surface area contributed by atoms with E-state index in [1.54, 1.807) is 6.07 Å². The van der Waals surface area contributed by atoms with Crippen LogP contribution in [0.25, 0.3) is 94.0 Å². The Labute approximate surface area is 299 Å². The summed E-state index contributed by atoms with van der Waals surface area (Å²) in [6, 6.07) is 58.2. The Balaban J connectivity index is 1.22. The quantitative estimate of drug-likeness (QED) is 0.172. The Morgan fingerprint density at radius 3 is 1.69 bits per heavy atom. The van der Waals surface area contributed by atoms with Crippen LogP contribution < -0.4 is 0 Å². The van der Waals surface area contributed by atoms with Gasteiger partial charge in [0.25, 0.3) is 0 Å². The molecule has 52 heavy (non-hydrogen) atoms. The van der Waals surface area contributed by atoms with Crippen LogP contribution in [0, 0.1) is 6.57 Å². The summed E-state index contributed by atoms with van der Waals surface area (Å²) in [4.78, 5) is 18.5. The van der Waals surface area contributed by atoms with Crippen molar-refractivity contribution in [1.82, 2.24) is 24.1 Å². The number of rotatable bonds is 5. The summed E-state index contributed by atoms with van der Waals surface area (Å²) in [6.45, 7) is 7.56. The molecule has 0 aliphatic carbocycles. The second-order valence-corrected chi connectivity index (χ2v) is 12.8. The molecular formula is C46H28N6. The molecule has 6 heteroatoms. The van der Waals surface area contributed by atoms with Gasteiger partial charge in [-0.05, 0) is 48.5 Å². The molecule has 0 radical (unpaired) electrons. The van der Waals surface area contributed by atoms with Crippen molar-refractivity contribution in [3.8, 4) is 45.5 Å². The minimum atomic E-state index is 0.521. The number of hydrogen-bond acceptors (Lipinski definition) is 3. The summed E-state index contributed by atoms with van der Waals surface area (Å²) in [5, 5.41) is 4.83. The Bertz CT molecular complexity index is 3020. The first-order valence-electron chi connectivity index (χ1n) is 17.2. The molecule has 0 spiro atoms. The Kier molecular flexibility index (Phi) is 6.76. The zero-order chi connectivity index (χ0) is 34.6. The van der Waals surface area contributed by atoms with E-state index >= 15 is 0 Å². The molecule has 3 heterocycles. The van der Waals surface area contributed by atoms with E-state index in [4.69, 9.17) is 21.5 Å². The molecule has 3 aromatic heterocycles. The topological polar surface area (TPSA) is 52.9 Å². The molecule has 0 fully saturated rings. The normalized spacial score (nSPS) is 11.4. The average molecular weight is 665 g/mol. The first-order chi connectivity index (χ1) is 25.7. The van der Waals surface area contributed by atoms with Gasteiger partial charge in [-0.2, -0.15) is 0 Å². The number of nitrogens with zero attached hydrogens (tertiary/aromatic N) is 6. The molecule has 0 saturated heterocycles. The highest BCUT2D eigenvalue weighted by molar-refractivity contribution is 6.26. The van der Waals surface area contributed by atoms with E-state index in [1.807, 2.05) is 54.6 Å². The number of aromatic nitrogens is 5. The Morgan fingerprint density at radius 1 is 0.404 bits per heavy atom. The number of hydrogen-bond donors (Lipinski definition) is 0. The fourth-order valence-corrected chi connectivity index (χ4v) is 7.48. The third-order valence-electron chi connectivity index (χ3n) is 9.75. The summed E-state index contributed by atoms with van der Waals surface area (Å²) < 4.78 is 4.75. The van der Waals surface area contributed by atoms with Crippen molar-refractivity contribution < 1.29 is 0 Å². The summed E-state index contributed by atoms with van der Waals surface area (Å²) in [7, 11) is 0. The van der Waals surface area contributed by atoms with Gasteiger partial charge >= 0.3 is 0 Å². The minimum absolute atomic E-state index is 0.521. The third-order valence-corrected chi connectivity index (χ3v) is 9.75. The zero-order valence-electron chi connectivity index (χ0n) is 27.8. The van der Waals surface area contributed by atoms with Crippen molar-refractivity contribution in [3.63, 3.8) is 0 Å². The van der Waals surface area contributed by atoms with Gasteiger partial charge in [0.1, 0.15) is 0 Å². The fraction of sp³-hybridized carbons (Fsp3) is 0. The van der Waals surface area contributed by atoms with Crippen LogP contribution in [0.15, 0.2) is 170 Å². The summed E-state index contributed by atoms with van der Waals surface area (Å²) >= 11 is 0. The predicted molar refractivity (Wildman–Crippen MR) is 211 cm³/mol. The highest BCUT2D eigenvalue weighted by Crippen LogP contribution is 2.42. The van der Waals surface area contributed by atoms with Crippen molar-refractivity contribution in [2.75, 3.05) is 0 Å². The number of benzene rings is 7. The lowest BCUT2D eigenvalue weighted by Crippen LogP contribution is -2.01. The molecule has 0 saturated carbocycles. The lowest BCUT2D eigenvalue weighted by molar-refractivity contribution is 1.07. The highest BCUT2D eigenvalue weighted by Gasteiger charge is 2.21. The maximum atomic E-state index is 7.56. The van der Waals surface area contributed by atoms with Crippen LogP contribution in [0.2, 0.25) is 0 Å². The van der Waals surface area contributed by atoms with Gasteiger partial charge in [0.2, 0.25) is 0 Å². The second kappa shape index (κ2) is 11.9. The molecule has 10 aromatic rings. The molecule has 0 aliphatic rings. The first-order valence-corrected chi connectivity index (χ1v) is 17.2. The van der Waals surface area contributed by atoms with Crippen LogP contribution in [0.1, 0.15) is 0 Å².